The third-order valence-electron chi connectivity index (χ3n) is 6.12. The Morgan fingerprint density at radius 2 is 1.93 bits per heavy atom. The monoisotopic (exact) mass is 377 g/mol. The van der Waals surface area contributed by atoms with Crippen LogP contribution in [0.25, 0.3) is 0 Å². The summed E-state index contributed by atoms with van der Waals surface area (Å²) in [5.74, 6) is 1.43. The van der Waals surface area contributed by atoms with Crippen LogP contribution in [0.3, 0.4) is 0 Å². The van der Waals surface area contributed by atoms with Gasteiger partial charge in [-0.2, -0.15) is 0 Å². The van der Waals surface area contributed by atoms with Crippen molar-refractivity contribution < 1.29 is 9.53 Å². The number of carbonyl (C=O) groups is 1. The summed E-state index contributed by atoms with van der Waals surface area (Å²) in [5, 5.41) is 10.5. The summed E-state index contributed by atoms with van der Waals surface area (Å²) in [4.78, 5) is 12.5. The first-order valence-electron chi connectivity index (χ1n) is 10.4. The largest absolute Gasteiger partial charge is 0.494 e. The van der Waals surface area contributed by atoms with Crippen molar-refractivity contribution in [2.45, 2.75) is 44.3 Å². The molecule has 5 nitrogen and oxygen atoms in total. The van der Waals surface area contributed by atoms with Crippen molar-refractivity contribution in [1.29, 1.82) is 0 Å². The zero-order valence-corrected chi connectivity index (χ0v) is 16.2. The summed E-state index contributed by atoms with van der Waals surface area (Å²) in [6, 6.07) is 15.4. The summed E-state index contributed by atoms with van der Waals surface area (Å²) in [5.41, 5.74) is 4.38. The van der Waals surface area contributed by atoms with E-state index in [-0.39, 0.29) is 18.0 Å². The predicted molar refractivity (Wildman–Crippen MR) is 110 cm³/mol. The summed E-state index contributed by atoms with van der Waals surface area (Å²) in [6.07, 6.45) is 3.33. The second-order valence-electron chi connectivity index (χ2n) is 8.06. The summed E-state index contributed by atoms with van der Waals surface area (Å²) in [7, 11) is 0. The van der Waals surface area contributed by atoms with Crippen molar-refractivity contribution in [2.24, 2.45) is 5.92 Å². The minimum atomic E-state index is 0.0495. The molecule has 2 heterocycles. The van der Waals surface area contributed by atoms with Crippen molar-refractivity contribution in [3.8, 4) is 5.75 Å². The molecule has 3 aliphatic rings. The number of rotatable bonds is 5. The molecule has 1 saturated carbocycles. The van der Waals surface area contributed by atoms with Crippen molar-refractivity contribution >= 4 is 11.6 Å². The van der Waals surface area contributed by atoms with Gasteiger partial charge in [-0.25, -0.2) is 0 Å². The maximum Gasteiger partial charge on any atom is 0.251 e. The average molecular weight is 377 g/mol. The van der Waals surface area contributed by atoms with Crippen LogP contribution in [0, 0.1) is 5.92 Å². The van der Waals surface area contributed by atoms with Gasteiger partial charge in [0.15, 0.2) is 0 Å². The number of carbonyl (C=O) groups excluding carboxylic acids is 1. The molecule has 5 rings (SSSR count). The van der Waals surface area contributed by atoms with Crippen LogP contribution in [0.5, 0.6) is 5.75 Å². The quantitative estimate of drug-likeness (QED) is 0.742. The van der Waals surface area contributed by atoms with E-state index in [9.17, 15) is 4.79 Å². The molecule has 1 aliphatic carbocycles. The molecule has 146 valence electrons. The fraction of sp³-hybridized carbons (Fsp3) is 0.435. The van der Waals surface area contributed by atoms with E-state index >= 15 is 0 Å². The van der Waals surface area contributed by atoms with Gasteiger partial charge in [0.1, 0.15) is 5.75 Å². The number of benzene rings is 2. The van der Waals surface area contributed by atoms with Crippen molar-refractivity contribution in [3.05, 3.63) is 59.2 Å². The van der Waals surface area contributed by atoms with Gasteiger partial charge in [0.2, 0.25) is 0 Å². The van der Waals surface area contributed by atoms with Gasteiger partial charge in [-0.05, 0) is 74.2 Å². The topological polar surface area (TPSA) is 62.4 Å². The Kier molecular flexibility index (Phi) is 4.47. The first-order valence-corrected chi connectivity index (χ1v) is 10.4. The first kappa shape index (κ1) is 17.6. The number of ether oxygens (including phenoxy) is 1. The lowest BCUT2D eigenvalue weighted by Gasteiger charge is -2.37. The van der Waals surface area contributed by atoms with Crippen LogP contribution in [-0.2, 0) is 0 Å². The average Bonchev–Trinajstić information content (AvgIpc) is 3.39. The number of nitrogens with one attached hydrogen (secondary N) is 3. The van der Waals surface area contributed by atoms with Gasteiger partial charge in [0.25, 0.3) is 5.91 Å². The maximum atomic E-state index is 12.5. The molecule has 0 bridgehead atoms. The van der Waals surface area contributed by atoms with Gasteiger partial charge in [-0.3, -0.25) is 4.79 Å². The molecule has 2 aliphatic heterocycles. The second kappa shape index (κ2) is 7.13. The smallest absolute Gasteiger partial charge is 0.251 e. The Balaban J connectivity index is 1.43. The lowest BCUT2D eigenvalue weighted by molar-refractivity contribution is 0.0951. The number of anilines is 1. The minimum Gasteiger partial charge on any atom is -0.494 e. The van der Waals surface area contributed by atoms with Crippen LogP contribution in [0.4, 0.5) is 5.69 Å². The molecule has 3 N–H and O–H groups in total. The Labute approximate surface area is 165 Å². The van der Waals surface area contributed by atoms with Crippen LogP contribution < -0.4 is 20.7 Å². The highest BCUT2D eigenvalue weighted by Crippen LogP contribution is 2.47. The molecular formula is C23H27N3O2. The van der Waals surface area contributed by atoms with E-state index < -0.39 is 0 Å². The lowest BCUT2D eigenvalue weighted by Crippen LogP contribution is -2.33. The molecule has 2 fully saturated rings. The van der Waals surface area contributed by atoms with E-state index in [1.54, 1.807) is 0 Å². The highest BCUT2D eigenvalue weighted by molar-refractivity contribution is 5.95. The van der Waals surface area contributed by atoms with Crippen molar-refractivity contribution in [1.82, 2.24) is 10.6 Å². The molecule has 2 aromatic carbocycles. The third-order valence-corrected chi connectivity index (χ3v) is 6.12. The lowest BCUT2D eigenvalue weighted by atomic mass is 9.80. The second-order valence-corrected chi connectivity index (χ2v) is 8.06. The molecule has 0 aromatic heterocycles. The van der Waals surface area contributed by atoms with Crippen LogP contribution >= 0.6 is 0 Å². The predicted octanol–water partition coefficient (Wildman–Crippen LogP) is 3.79. The van der Waals surface area contributed by atoms with E-state index in [1.807, 2.05) is 13.0 Å². The molecule has 0 radical (unpaired) electrons. The SMILES string of the molecule is CCOc1ccc(C2Nc3ccc(C(=O)NC4CC4)cc3[C@H]3NCC[C@@H]23)cc1. The molecule has 1 amide bonds. The number of hydrogen-bond donors (Lipinski definition) is 3. The van der Waals surface area contributed by atoms with E-state index in [2.05, 4.69) is 52.3 Å². The van der Waals surface area contributed by atoms with E-state index in [0.717, 1.165) is 42.8 Å². The van der Waals surface area contributed by atoms with Gasteiger partial charge in [0.05, 0.1) is 12.6 Å². The van der Waals surface area contributed by atoms with Gasteiger partial charge >= 0.3 is 0 Å². The fourth-order valence-corrected chi connectivity index (χ4v) is 4.56. The van der Waals surface area contributed by atoms with Crippen LogP contribution in [0.15, 0.2) is 42.5 Å². The number of fused-ring (bicyclic) bond motifs is 3. The van der Waals surface area contributed by atoms with Gasteiger partial charge in [-0.15, -0.1) is 0 Å². The standard InChI is InChI=1S/C23H27N3O2/c1-2-28-17-8-3-14(4-9-17)21-18-11-12-24-22(18)19-13-15(5-10-20(19)26-21)23(27)25-16-6-7-16/h3-5,8-10,13,16,18,21-22,24,26H,2,6-7,11-12H2,1H3,(H,25,27)/t18-,21?,22-/m0/s1. The third kappa shape index (κ3) is 3.24. The molecule has 2 aromatic rings. The van der Waals surface area contributed by atoms with E-state index in [0.29, 0.717) is 18.6 Å². The molecular weight excluding hydrogens is 350 g/mol. The van der Waals surface area contributed by atoms with Gasteiger partial charge in [-0.1, -0.05) is 12.1 Å². The molecule has 1 saturated heterocycles. The molecule has 3 atom stereocenters. The highest BCUT2D eigenvalue weighted by atomic mass is 16.5. The summed E-state index contributed by atoms with van der Waals surface area (Å²) in [6.45, 7) is 3.68. The number of amides is 1. The fourth-order valence-electron chi connectivity index (χ4n) is 4.56. The molecule has 1 unspecified atom stereocenters. The van der Waals surface area contributed by atoms with E-state index in [4.69, 9.17) is 4.74 Å². The van der Waals surface area contributed by atoms with Gasteiger partial charge < -0.3 is 20.7 Å². The molecule has 28 heavy (non-hydrogen) atoms. The summed E-state index contributed by atoms with van der Waals surface area (Å²) >= 11 is 0. The zero-order valence-electron chi connectivity index (χ0n) is 16.2. The van der Waals surface area contributed by atoms with Crippen LogP contribution in [-0.4, -0.2) is 25.1 Å². The molecule has 5 heteroatoms. The maximum absolute atomic E-state index is 12.5. The molecule has 0 spiro atoms. The van der Waals surface area contributed by atoms with Crippen molar-refractivity contribution in [3.63, 3.8) is 0 Å². The van der Waals surface area contributed by atoms with Crippen LogP contribution in [0.1, 0.15) is 59.8 Å². The Bertz CT molecular complexity index is 876. The highest BCUT2D eigenvalue weighted by Gasteiger charge is 2.40. The van der Waals surface area contributed by atoms with Gasteiger partial charge in [0, 0.05) is 29.3 Å². The van der Waals surface area contributed by atoms with E-state index in [1.165, 1.54) is 11.1 Å². The normalized spacial score (nSPS) is 25.4. The van der Waals surface area contributed by atoms with Crippen molar-refractivity contribution in [2.75, 3.05) is 18.5 Å². The Morgan fingerprint density at radius 1 is 1.11 bits per heavy atom. The Morgan fingerprint density at radius 3 is 2.68 bits per heavy atom. The first-order chi connectivity index (χ1) is 13.7. The Hall–Kier alpha value is -2.53. The number of hydrogen-bond acceptors (Lipinski definition) is 4. The minimum absolute atomic E-state index is 0.0495. The van der Waals surface area contributed by atoms with Crippen LogP contribution in [0.2, 0.25) is 0 Å². The zero-order chi connectivity index (χ0) is 19.1. The summed E-state index contributed by atoms with van der Waals surface area (Å²) < 4.78 is 5.59.